The van der Waals surface area contributed by atoms with Crippen LogP contribution in [-0.4, -0.2) is 69.8 Å². The van der Waals surface area contributed by atoms with Crippen LogP contribution in [0.15, 0.2) is 146 Å². The summed E-state index contributed by atoms with van der Waals surface area (Å²) in [6, 6.07) is 42.6. The molecule has 4 aliphatic heterocycles. The number of rotatable bonds is 0. The second-order valence-electron chi connectivity index (χ2n) is 15.7. The summed E-state index contributed by atoms with van der Waals surface area (Å²) < 4.78 is 0. The van der Waals surface area contributed by atoms with Gasteiger partial charge in [0, 0.05) is 44.8 Å². The fraction of sp³-hybridized carbons (Fsp3) is 0. The van der Waals surface area contributed by atoms with E-state index in [1.807, 2.05) is 170 Å². The summed E-state index contributed by atoms with van der Waals surface area (Å²) in [7, 11) is 9.75. The van der Waals surface area contributed by atoms with Crippen molar-refractivity contribution in [3.63, 3.8) is 0 Å². The molecule has 0 aliphatic carbocycles. The molecule has 72 heavy (non-hydrogen) atoms. The molecule has 4 aliphatic rings. The van der Waals surface area contributed by atoms with Crippen molar-refractivity contribution < 1.29 is 37.5 Å². The number of H-pyrrole nitrogens is 2. The van der Waals surface area contributed by atoms with E-state index in [2.05, 4.69) is 19.9 Å². The second kappa shape index (κ2) is 20.4. The van der Waals surface area contributed by atoms with Gasteiger partial charge in [0.2, 0.25) is 0 Å². The van der Waals surface area contributed by atoms with Gasteiger partial charge in [-0.1, -0.05) is 121 Å². The first-order valence-corrected chi connectivity index (χ1v) is 27.4. The largest absolute Gasteiger partial charge is 2.00 e. The first kappa shape index (κ1) is 46.4. The third-order valence-electron chi connectivity index (χ3n) is 11.2. The Morgan fingerprint density at radius 1 is 0.347 bits per heavy atom. The molecule has 16 bridgehead atoms. The fourth-order valence-electron chi connectivity index (χ4n) is 8.17. The van der Waals surface area contributed by atoms with Gasteiger partial charge in [-0.25, -0.2) is 39.9 Å². The number of aromatic nitrogens is 16. The van der Waals surface area contributed by atoms with Crippen molar-refractivity contribution in [2.75, 3.05) is 0 Å². The summed E-state index contributed by atoms with van der Waals surface area (Å²) >= 11 is -0.472. The SMILES string of the molecule is C1=Cc2nc3nc(nc4[nH]c(nc5nc(nc([nH]2)=C1)-c1ccccc1-5)C=CC=4)-c1ccccc1-3.[Cl][Pt][Cl].[Pt+2].c1cc2nc(c1)nc1[n-]c(nc3cccc(n3)nc3[n-]c(n2)c2ccccc32)c2ccccc12. The Kier molecular flexibility index (Phi) is 13.1. The molecule has 0 spiro atoms. The van der Waals surface area contributed by atoms with Crippen molar-refractivity contribution in [1.82, 2.24) is 79.7 Å². The van der Waals surface area contributed by atoms with E-state index in [4.69, 9.17) is 78.6 Å². The molecule has 14 rings (SSSR count). The van der Waals surface area contributed by atoms with Gasteiger partial charge in [-0.15, -0.1) is 0 Å². The Bertz CT molecular complexity index is 3950. The van der Waals surface area contributed by atoms with Crippen molar-refractivity contribution in [3.05, 3.63) is 168 Å². The Hall–Kier alpha value is -8.00. The van der Waals surface area contributed by atoms with Crippen LogP contribution in [0.3, 0.4) is 0 Å². The van der Waals surface area contributed by atoms with E-state index in [-0.39, 0.29) is 21.1 Å². The van der Waals surface area contributed by atoms with Gasteiger partial charge in [-0.2, -0.15) is 0 Å². The number of allylic oxidation sites excluding steroid dienone is 2. The summed E-state index contributed by atoms with van der Waals surface area (Å²) in [5.41, 5.74) is 9.18. The number of fused-ring (bicyclic) bond motifs is 28. The summed E-state index contributed by atoms with van der Waals surface area (Å²) in [6.07, 6.45) is 11.4. The van der Waals surface area contributed by atoms with Gasteiger partial charge in [0.1, 0.15) is 22.6 Å². The average molecular weight is 1340 g/mol. The second-order valence-corrected chi connectivity index (χ2v) is 19.0. The van der Waals surface area contributed by atoms with Crippen molar-refractivity contribution in [3.8, 4) is 45.6 Å². The number of halogens is 2. The zero-order valence-corrected chi connectivity index (χ0v) is 42.9. The van der Waals surface area contributed by atoms with Gasteiger partial charge in [0.15, 0.2) is 23.3 Å². The first-order chi connectivity index (χ1) is 35.0. The van der Waals surface area contributed by atoms with Gasteiger partial charge >= 0.3 is 56.4 Å². The topological polar surface area (TPSA) is 214 Å². The molecular weight excluding hydrogens is 1310 g/mol. The molecule has 10 aromatic rings. The first-order valence-electron chi connectivity index (χ1n) is 21.8. The Balaban J connectivity index is 0.000000146. The molecular formula is C52H30Cl2N16Pt2. The maximum absolute atomic E-state index is 4.88. The van der Waals surface area contributed by atoms with Crippen LogP contribution in [-0.2, 0) is 37.5 Å². The molecule has 6 aromatic heterocycles. The van der Waals surface area contributed by atoms with Gasteiger partial charge in [0.05, 0.1) is 22.6 Å². The van der Waals surface area contributed by atoms with E-state index >= 15 is 0 Å². The smallest absolute Gasteiger partial charge is 0.357 e. The molecule has 2 N–H and O–H groups in total. The van der Waals surface area contributed by atoms with Crippen LogP contribution >= 0.6 is 18.8 Å². The van der Waals surface area contributed by atoms with Gasteiger partial charge in [-0.3, -0.25) is 0 Å². The number of aromatic amines is 2. The molecule has 4 aromatic carbocycles. The van der Waals surface area contributed by atoms with E-state index in [0.717, 1.165) is 43.8 Å². The maximum Gasteiger partial charge on any atom is 2.00 e. The van der Waals surface area contributed by atoms with Crippen LogP contribution < -0.4 is 20.9 Å². The normalized spacial score (nSPS) is 11.9. The molecule has 0 radical (unpaired) electrons. The van der Waals surface area contributed by atoms with Crippen molar-refractivity contribution in [2.45, 2.75) is 0 Å². The van der Waals surface area contributed by atoms with Crippen LogP contribution in [0.4, 0.5) is 0 Å². The number of benzene rings is 4. The maximum atomic E-state index is 4.88. The number of nitrogens with zero attached hydrogens (tertiary/aromatic N) is 14. The molecule has 16 nitrogen and oxygen atoms in total. The number of pyridine rings is 2. The molecule has 0 saturated heterocycles. The summed E-state index contributed by atoms with van der Waals surface area (Å²) in [6.45, 7) is 0. The van der Waals surface area contributed by atoms with Crippen LogP contribution in [0.2, 0.25) is 0 Å². The average Bonchev–Trinajstić information content (AvgIpc) is 4.13. The van der Waals surface area contributed by atoms with Gasteiger partial charge < -0.3 is 39.9 Å². The molecule has 0 saturated carbocycles. The summed E-state index contributed by atoms with van der Waals surface area (Å²) in [4.78, 5) is 72.6. The molecule has 10 heterocycles. The van der Waals surface area contributed by atoms with E-state index in [9.17, 15) is 0 Å². The zero-order valence-electron chi connectivity index (χ0n) is 36.8. The minimum absolute atomic E-state index is 0. The third-order valence-corrected chi connectivity index (χ3v) is 11.2. The van der Waals surface area contributed by atoms with Crippen LogP contribution in [0.25, 0.3) is 137 Å². The minimum Gasteiger partial charge on any atom is -0.357 e. The number of nitrogens with one attached hydrogen (secondary N) is 2. The van der Waals surface area contributed by atoms with Gasteiger partial charge in [-0.05, 0) is 70.1 Å². The summed E-state index contributed by atoms with van der Waals surface area (Å²) in [5.74, 6) is 3.64. The van der Waals surface area contributed by atoms with E-state index in [1.54, 1.807) is 0 Å². The Labute approximate surface area is 437 Å². The monoisotopic (exact) mass is 1340 g/mol. The molecule has 352 valence electrons. The molecule has 0 unspecified atom stereocenters. The number of hydrogen-bond acceptors (Lipinski definition) is 12. The fourth-order valence-corrected chi connectivity index (χ4v) is 8.17. The predicted octanol–water partition coefficient (Wildman–Crippen LogP) is 8.95. The van der Waals surface area contributed by atoms with Gasteiger partial charge in [0.25, 0.3) is 0 Å². The minimum atomic E-state index is -0.472. The van der Waals surface area contributed by atoms with E-state index < -0.39 is 16.5 Å². The number of hydrogen-bond donors (Lipinski definition) is 2. The molecule has 0 amide bonds. The van der Waals surface area contributed by atoms with Crippen LogP contribution in [0, 0.1) is 0 Å². The Morgan fingerprint density at radius 3 is 0.986 bits per heavy atom. The predicted molar refractivity (Wildman–Crippen MR) is 273 cm³/mol. The summed E-state index contributed by atoms with van der Waals surface area (Å²) in [5, 5.41) is 3.57. The van der Waals surface area contributed by atoms with Crippen molar-refractivity contribution >= 4 is 110 Å². The van der Waals surface area contributed by atoms with Crippen LogP contribution in [0.1, 0.15) is 11.6 Å². The zero-order chi connectivity index (χ0) is 47.7. The van der Waals surface area contributed by atoms with Crippen molar-refractivity contribution in [1.29, 1.82) is 0 Å². The molecule has 20 heteroatoms. The molecule has 0 atom stereocenters. The van der Waals surface area contributed by atoms with E-state index in [1.165, 1.54) is 0 Å². The Morgan fingerprint density at radius 2 is 0.653 bits per heavy atom. The van der Waals surface area contributed by atoms with Crippen LogP contribution in [0.5, 0.6) is 0 Å². The van der Waals surface area contributed by atoms with E-state index in [0.29, 0.717) is 91.1 Å². The van der Waals surface area contributed by atoms with Crippen molar-refractivity contribution in [2.24, 2.45) is 0 Å². The quantitative estimate of drug-likeness (QED) is 0.145. The standard InChI is InChI=1S/C26H16N8.C26H14N8.2ClH.2Pt/c2*1-2-8-16-15(7-1)23-29-19-11-5-13-21(27-19)31-25-17-9-3-4-10-18(17)26(34-25)32-22-14-6-12-20(28-22)30-24(16)33-23;;;;/h1-14H,(H2,27,28,29,30,31,32,33,34);1-14H;2*1H;;/q;-2;;;2*+2/p-2. The third kappa shape index (κ3) is 9.48. The molecule has 0 fully saturated rings.